The van der Waals surface area contributed by atoms with Crippen molar-refractivity contribution in [2.24, 2.45) is 0 Å². The molecule has 0 aromatic heterocycles. The first-order valence-corrected chi connectivity index (χ1v) is 10.0. The molecule has 2 aromatic rings. The van der Waals surface area contributed by atoms with Gasteiger partial charge in [0.25, 0.3) is 0 Å². The third-order valence-corrected chi connectivity index (χ3v) is 5.04. The Bertz CT molecular complexity index is 1070. The van der Waals surface area contributed by atoms with Crippen molar-refractivity contribution in [2.75, 3.05) is 34.5 Å². The van der Waals surface area contributed by atoms with Crippen molar-refractivity contribution < 1.29 is 37.3 Å². The standard InChI is InChI=1S/C23H24F2N2O6/c1-5-32-22(28)20-18(12-33-19-7-6-14(24)10-17(19)25)27(2)23(29)26-21(20)13-8-15(30-3)11-16(9-13)31-4/h6-11,21H,5,12H2,1-4H3,(H,26,29). The molecule has 1 atom stereocenters. The number of rotatable bonds is 8. The Morgan fingerprint density at radius 1 is 1.09 bits per heavy atom. The molecule has 0 saturated carbocycles. The summed E-state index contributed by atoms with van der Waals surface area (Å²) in [6.45, 7) is 1.39. The van der Waals surface area contributed by atoms with E-state index in [4.69, 9.17) is 18.9 Å². The molecule has 3 rings (SSSR count). The lowest BCUT2D eigenvalue weighted by atomic mass is 9.94. The number of ether oxygens (including phenoxy) is 4. The molecule has 10 heteroatoms. The monoisotopic (exact) mass is 462 g/mol. The molecular formula is C23H24F2N2O6. The number of hydrogen-bond donors (Lipinski definition) is 1. The molecule has 0 spiro atoms. The fraction of sp³-hybridized carbons (Fsp3) is 0.304. The summed E-state index contributed by atoms with van der Waals surface area (Å²) < 4.78 is 48.6. The molecule has 1 heterocycles. The number of halogens is 2. The minimum absolute atomic E-state index is 0.0921. The highest BCUT2D eigenvalue weighted by Gasteiger charge is 2.37. The molecule has 1 unspecified atom stereocenters. The summed E-state index contributed by atoms with van der Waals surface area (Å²) >= 11 is 0. The summed E-state index contributed by atoms with van der Waals surface area (Å²) in [5.41, 5.74) is 0.755. The maximum atomic E-state index is 14.1. The quantitative estimate of drug-likeness (QED) is 0.604. The van der Waals surface area contributed by atoms with Gasteiger partial charge in [0, 0.05) is 19.2 Å². The SMILES string of the molecule is CCOC(=O)C1=C(COc2ccc(F)cc2F)N(C)C(=O)NC1c1cc(OC)cc(OC)c1. The van der Waals surface area contributed by atoms with Crippen LogP contribution in [0.3, 0.4) is 0 Å². The lowest BCUT2D eigenvalue weighted by molar-refractivity contribution is -0.139. The van der Waals surface area contributed by atoms with Crippen molar-refractivity contribution in [3.05, 3.63) is 64.9 Å². The van der Waals surface area contributed by atoms with Crippen LogP contribution in [0.5, 0.6) is 17.2 Å². The number of nitrogens with zero attached hydrogens (tertiary/aromatic N) is 1. The van der Waals surface area contributed by atoms with E-state index in [0.717, 1.165) is 12.1 Å². The fourth-order valence-corrected chi connectivity index (χ4v) is 3.37. The molecule has 0 radical (unpaired) electrons. The average Bonchev–Trinajstić information content (AvgIpc) is 2.80. The van der Waals surface area contributed by atoms with E-state index in [2.05, 4.69) is 5.32 Å². The number of likely N-dealkylation sites (N-methyl/N-ethyl adjacent to an activating group) is 1. The van der Waals surface area contributed by atoms with E-state index in [1.165, 1.54) is 26.2 Å². The van der Waals surface area contributed by atoms with Crippen LogP contribution < -0.4 is 19.5 Å². The first kappa shape index (κ1) is 23.8. The highest BCUT2D eigenvalue weighted by atomic mass is 19.1. The van der Waals surface area contributed by atoms with Gasteiger partial charge in [-0.3, -0.25) is 4.90 Å². The Morgan fingerprint density at radius 3 is 2.33 bits per heavy atom. The number of hydrogen-bond acceptors (Lipinski definition) is 6. The molecule has 0 aliphatic carbocycles. The Labute approximate surface area is 189 Å². The van der Waals surface area contributed by atoms with Gasteiger partial charge >= 0.3 is 12.0 Å². The van der Waals surface area contributed by atoms with Crippen LogP contribution in [0.1, 0.15) is 18.5 Å². The number of methoxy groups -OCH3 is 2. The summed E-state index contributed by atoms with van der Waals surface area (Å²) in [5.74, 6) is -1.68. The molecular weight excluding hydrogens is 438 g/mol. The van der Waals surface area contributed by atoms with Gasteiger partial charge in [-0.25, -0.2) is 18.4 Å². The average molecular weight is 462 g/mol. The molecule has 8 nitrogen and oxygen atoms in total. The lowest BCUT2D eigenvalue weighted by Crippen LogP contribution is -2.48. The first-order valence-electron chi connectivity index (χ1n) is 10.0. The molecule has 176 valence electrons. The molecule has 0 fully saturated rings. The van der Waals surface area contributed by atoms with Gasteiger partial charge in [0.15, 0.2) is 11.6 Å². The van der Waals surface area contributed by atoms with E-state index in [0.29, 0.717) is 23.1 Å². The third kappa shape index (κ3) is 5.16. The Hall–Kier alpha value is -3.82. The topological polar surface area (TPSA) is 86.3 Å². The minimum atomic E-state index is -0.923. The second-order valence-corrected chi connectivity index (χ2v) is 7.03. The molecule has 2 aromatic carbocycles. The normalized spacial score (nSPS) is 15.8. The van der Waals surface area contributed by atoms with E-state index in [9.17, 15) is 18.4 Å². The highest BCUT2D eigenvalue weighted by molar-refractivity contribution is 5.95. The predicted octanol–water partition coefficient (Wildman–Crippen LogP) is 3.57. The Kier molecular flexibility index (Phi) is 7.37. The zero-order chi connectivity index (χ0) is 24.1. The number of esters is 1. The molecule has 33 heavy (non-hydrogen) atoms. The number of nitrogens with one attached hydrogen (secondary N) is 1. The molecule has 1 aliphatic heterocycles. The Morgan fingerprint density at radius 2 is 1.76 bits per heavy atom. The van der Waals surface area contributed by atoms with Gasteiger partial charge in [-0.15, -0.1) is 0 Å². The van der Waals surface area contributed by atoms with Crippen molar-refractivity contribution in [2.45, 2.75) is 13.0 Å². The van der Waals surface area contributed by atoms with Crippen LogP contribution in [0.4, 0.5) is 13.6 Å². The second kappa shape index (κ2) is 10.2. The maximum Gasteiger partial charge on any atom is 0.338 e. The zero-order valence-corrected chi connectivity index (χ0v) is 18.6. The number of amides is 2. The fourth-order valence-electron chi connectivity index (χ4n) is 3.37. The largest absolute Gasteiger partial charge is 0.497 e. The van der Waals surface area contributed by atoms with Crippen molar-refractivity contribution in [1.29, 1.82) is 0 Å². The van der Waals surface area contributed by atoms with Crippen LogP contribution >= 0.6 is 0 Å². The molecule has 1 aliphatic rings. The van der Waals surface area contributed by atoms with E-state index in [1.807, 2.05) is 0 Å². The van der Waals surface area contributed by atoms with Gasteiger partial charge in [-0.1, -0.05) is 0 Å². The summed E-state index contributed by atoms with van der Waals surface area (Å²) in [5, 5.41) is 2.76. The second-order valence-electron chi connectivity index (χ2n) is 7.03. The van der Waals surface area contributed by atoms with Crippen LogP contribution in [-0.2, 0) is 9.53 Å². The maximum absolute atomic E-state index is 14.1. The van der Waals surface area contributed by atoms with Crippen molar-refractivity contribution in [3.8, 4) is 17.2 Å². The number of benzene rings is 2. The lowest BCUT2D eigenvalue weighted by Gasteiger charge is -2.34. The summed E-state index contributed by atoms with van der Waals surface area (Å²) in [4.78, 5) is 26.9. The van der Waals surface area contributed by atoms with Crippen LogP contribution in [0.15, 0.2) is 47.7 Å². The van der Waals surface area contributed by atoms with Crippen LogP contribution in [0.25, 0.3) is 0 Å². The van der Waals surface area contributed by atoms with Gasteiger partial charge in [-0.2, -0.15) is 0 Å². The minimum Gasteiger partial charge on any atom is -0.497 e. The molecule has 2 amide bonds. The Balaban J connectivity index is 2.09. The third-order valence-electron chi connectivity index (χ3n) is 5.04. The first-order chi connectivity index (χ1) is 15.8. The van der Waals surface area contributed by atoms with E-state index in [-0.39, 0.29) is 30.2 Å². The van der Waals surface area contributed by atoms with Crippen molar-refractivity contribution in [1.82, 2.24) is 10.2 Å². The summed E-state index contributed by atoms with van der Waals surface area (Å²) in [6.07, 6.45) is 0. The van der Waals surface area contributed by atoms with E-state index < -0.39 is 29.7 Å². The van der Waals surface area contributed by atoms with Gasteiger partial charge in [-0.05, 0) is 36.8 Å². The molecule has 0 bridgehead atoms. The van der Waals surface area contributed by atoms with Gasteiger partial charge in [0.1, 0.15) is 23.9 Å². The highest BCUT2D eigenvalue weighted by Crippen LogP contribution is 2.35. The van der Waals surface area contributed by atoms with E-state index in [1.54, 1.807) is 25.1 Å². The summed E-state index contributed by atoms with van der Waals surface area (Å²) in [6, 6.07) is 6.35. The smallest absolute Gasteiger partial charge is 0.338 e. The van der Waals surface area contributed by atoms with Crippen LogP contribution in [0.2, 0.25) is 0 Å². The number of carbonyl (C=O) groups is 2. The van der Waals surface area contributed by atoms with Crippen molar-refractivity contribution >= 4 is 12.0 Å². The van der Waals surface area contributed by atoms with E-state index >= 15 is 0 Å². The number of urea groups is 1. The van der Waals surface area contributed by atoms with Gasteiger partial charge < -0.3 is 24.3 Å². The van der Waals surface area contributed by atoms with Crippen LogP contribution in [0, 0.1) is 11.6 Å². The predicted molar refractivity (Wildman–Crippen MR) is 114 cm³/mol. The summed E-state index contributed by atoms with van der Waals surface area (Å²) in [7, 11) is 4.39. The van der Waals surface area contributed by atoms with Crippen LogP contribution in [-0.4, -0.2) is 51.4 Å². The van der Waals surface area contributed by atoms with Gasteiger partial charge in [0.2, 0.25) is 0 Å². The molecule has 0 saturated heterocycles. The number of carbonyl (C=O) groups excluding carboxylic acids is 2. The van der Waals surface area contributed by atoms with Gasteiger partial charge in [0.05, 0.1) is 38.1 Å². The van der Waals surface area contributed by atoms with Crippen molar-refractivity contribution in [3.63, 3.8) is 0 Å². The molecule has 1 N–H and O–H groups in total. The zero-order valence-electron chi connectivity index (χ0n) is 18.6.